The third-order valence-electron chi connectivity index (χ3n) is 3.90. The van der Waals surface area contributed by atoms with E-state index in [2.05, 4.69) is 51.1 Å². The molecule has 0 atom stereocenters. The van der Waals surface area contributed by atoms with Crippen molar-refractivity contribution < 1.29 is 0 Å². The van der Waals surface area contributed by atoms with E-state index in [9.17, 15) is 0 Å². The van der Waals surface area contributed by atoms with Crippen molar-refractivity contribution in [3.05, 3.63) is 49.2 Å². The van der Waals surface area contributed by atoms with E-state index in [4.69, 9.17) is 0 Å². The Morgan fingerprint density at radius 2 is 2.00 bits per heavy atom. The Kier molecular flexibility index (Phi) is 3.49. The van der Waals surface area contributed by atoms with Gasteiger partial charge >= 0.3 is 0 Å². The highest BCUT2D eigenvalue weighted by Gasteiger charge is 2.14. The monoisotopic (exact) mass is 333 g/mol. The molecule has 3 aromatic heterocycles. The predicted molar refractivity (Wildman–Crippen MR) is 97.6 cm³/mol. The van der Waals surface area contributed by atoms with Gasteiger partial charge < -0.3 is 10.3 Å². The van der Waals surface area contributed by atoms with Crippen LogP contribution in [0, 0.1) is 0 Å². The molecule has 2 N–H and O–H groups in total. The van der Waals surface area contributed by atoms with Crippen LogP contribution < -0.4 is 5.32 Å². The van der Waals surface area contributed by atoms with Crippen molar-refractivity contribution in [2.75, 3.05) is 5.32 Å². The van der Waals surface area contributed by atoms with Gasteiger partial charge in [0, 0.05) is 18.0 Å². The van der Waals surface area contributed by atoms with E-state index >= 15 is 0 Å². The molecule has 25 heavy (non-hydrogen) atoms. The van der Waals surface area contributed by atoms with Crippen molar-refractivity contribution in [2.45, 2.75) is 26.3 Å². The number of aromatic amines is 1. The second-order valence-corrected chi connectivity index (χ2v) is 6.87. The van der Waals surface area contributed by atoms with E-state index in [1.807, 2.05) is 35.1 Å². The lowest BCUT2D eigenvalue weighted by atomic mass is 10.1. The number of anilines is 2. The van der Waals surface area contributed by atoms with Gasteiger partial charge in [-0.3, -0.25) is 4.68 Å². The van der Waals surface area contributed by atoms with E-state index in [0.29, 0.717) is 5.95 Å². The minimum absolute atomic E-state index is 0.0673. The van der Waals surface area contributed by atoms with Gasteiger partial charge in [-0.15, -0.1) is 0 Å². The normalized spacial score (nSPS) is 11.8. The number of benzene rings is 1. The second-order valence-electron chi connectivity index (χ2n) is 6.87. The first-order valence-corrected chi connectivity index (χ1v) is 8.08. The molecule has 0 radical (unpaired) electrons. The molecule has 126 valence electrons. The summed E-state index contributed by atoms with van der Waals surface area (Å²) in [6.07, 6.45) is 7.16. The maximum absolute atomic E-state index is 4.61. The lowest BCUT2D eigenvalue weighted by Gasteiger charge is -2.18. The Bertz CT molecular complexity index is 1020. The van der Waals surface area contributed by atoms with Gasteiger partial charge in [0.25, 0.3) is 0 Å². The van der Waals surface area contributed by atoms with Gasteiger partial charge in [-0.1, -0.05) is 6.07 Å². The van der Waals surface area contributed by atoms with E-state index < -0.39 is 0 Å². The van der Waals surface area contributed by atoms with Crippen molar-refractivity contribution in [3.63, 3.8) is 0 Å². The van der Waals surface area contributed by atoms with Crippen LogP contribution in [0.25, 0.3) is 22.3 Å². The fourth-order valence-electron chi connectivity index (χ4n) is 2.56. The summed E-state index contributed by atoms with van der Waals surface area (Å²) in [6, 6.07) is 7.91. The zero-order chi connectivity index (χ0) is 17.4. The van der Waals surface area contributed by atoms with E-state index in [1.54, 1.807) is 18.7 Å². The van der Waals surface area contributed by atoms with Crippen molar-refractivity contribution in [2.24, 2.45) is 0 Å². The lowest BCUT2D eigenvalue weighted by molar-refractivity contribution is 0.355. The van der Waals surface area contributed by atoms with Gasteiger partial charge in [-0.2, -0.15) is 5.10 Å². The molecular weight excluding hydrogens is 314 g/mol. The summed E-state index contributed by atoms with van der Waals surface area (Å²) < 4.78 is 1.91. The lowest BCUT2D eigenvalue weighted by Crippen LogP contribution is -2.21. The molecule has 3 heterocycles. The summed E-state index contributed by atoms with van der Waals surface area (Å²) in [5, 5.41) is 7.59. The van der Waals surface area contributed by atoms with Crippen LogP contribution in [0.4, 0.5) is 11.6 Å². The molecule has 4 aromatic rings. The Morgan fingerprint density at radius 1 is 1.12 bits per heavy atom. The summed E-state index contributed by atoms with van der Waals surface area (Å²) in [5.74, 6) is 0.538. The molecule has 0 spiro atoms. The molecule has 7 nitrogen and oxygen atoms in total. The fraction of sp³-hybridized carbons (Fsp3) is 0.222. The zero-order valence-corrected chi connectivity index (χ0v) is 14.4. The molecule has 0 aliphatic rings. The number of nitrogens with one attached hydrogen (secondary N) is 2. The van der Waals surface area contributed by atoms with Crippen LogP contribution in [0.3, 0.4) is 0 Å². The molecule has 0 fully saturated rings. The summed E-state index contributed by atoms with van der Waals surface area (Å²) >= 11 is 0. The predicted octanol–water partition coefficient (Wildman–Crippen LogP) is 3.72. The molecule has 0 amide bonds. The van der Waals surface area contributed by atoms with Crippen molar-refractivity contribution in [1.29, 1.82) is 0 Å². The maximum atomic E-state index is 4.61. The minimum atomic E-state index is -0.0673. The molecule has 0 bridgehead atoms. The van der Waals surface area contributed by atoms with Crippen molar-refractivity contribution >= 4 is 22.7 Å². The van der Waals surface area contributed by atoms with E-state index in [0.717, 1.165) is 28.0 Å². The summed E-state index contributed by atoms with van der Waals surface area (Å²) in [7, 11) is 0. The number of rotatable bonds is 3. The topological polar surface area (TPSA) is 84.3 Å². The maximum Gasteiger partial charge on any atom is 0.227 e. The van der Waals surface area contributed by atoms with Gasteiger partial charge in [0.1, 0.15) is 0 Å². The van der Waals surface area contributed by atoms with E-state index in [-0.39, 0.29) is 5.54 Å². The highest BCUT2D eigenvalue weighted by atomic mass is 15.3. The molecule has 0 saturated carbocycles. The number of hydrogen-bond donors (Lipinski definition) is 2. The fourth-order valence-corrected chi connectivity index (χ4v) is 2.56. The minimum Gasteiger partial charge on any atom is -0.345 e. The number of fused-ring (bicyclic) bond motifs is 1. The Morgan fingerprint density at radius 3 is 2.80 bits per heavy atom. The van der Waals surface area contributed by atoms with Gasteiger partial charge in [0.15, 0.2) is 0 Å². The van der Waals surface area contributed by atoms with Gasteiger partial charge in [0.2, 0.25) is 5.95 Å². The van der Waals surface area contributed by atoms with Crippen LogP contribution in [0.1, 0.15) is 20.8 Å². The molecular formula is C18H19N7. The zero-order valence-electron chi connectivity index (χ0n) is 14.4. The Hall–Kier alpha value is -3.22. The standard InChI is InChI=1S/C18H19N7/c1-18(2,3)25-10-13(9-22-25)23-17-19-7-6-14(24-17)12-4-5-15-16(8-12)21-11-20-15/h4-11H,1-3H3,(H,20,21)(H,19,23,24). The molecule has 4 rings (SSSR count). The SMILES string of the molecule is CC(C)(C)n1cc(Nc2nccc(-c3ccc4nc[nH]c4c3)n2)cn1. The van der Waals surface area contributed by atoms with Crippen LogP contribution in [-0.4, -0.2) is 29.7 Å². The Balaban J connectivity index is 1.62. The molecule has 7 heteroatoms. The summed E-state index contributed by atoms with van der Waals surface area (Å²) in [4.78, 5) is 16.3. The first-order chi connectivity index (χ1) is 12.0. The van der Waals surface area contributed by atoms with Crippen molar-refractivity contribution in [1.82, 2.24) is 29.7 Å². The van der Waals surface area contributed by atoms with Crippen LogP contribution in [-0.2, 0) is 5.54 Å². The number of nitrogens with zero attached hydrogens (tertiary/aromatic N) is 5. The largest absolute Gasteiger partial charge is 0.345 e. The molecule has 0 aliphatic carbocycles. The van der Waals surface area contributed by atoms with Crippen LogP contribution in [0.2, 0.25) is 0 Å². The third kappa shape index (κ3) is 3.08. The van der Waals surface area contributed by atoms with Gasteiger partial charge in [-0.05, 0) is 39.0 Å². The average Bonchev–Trinajstić information content (AvgIpc) is 3.23. The second kappa shape index (κ2) is 5.70. The molecule has 0 saturated heterocycles. The third-order valence-corrected chi connectivity index (χ3v) is 3.90. The average molecular weight is 333 g/mol. The quantitative estimate of drug-likeness (QED) is 0.597. The van der Waals surface area contributed by atoms with Crippen LogP contribution in [0.15, 0.2) is 49.2 Å². The highest BCUT2D eigenvalue weighted by molar-refractivity contribution is 5.80. The van der Waals surface area contributed by atoms with E-state index in [1.165, 1.54) is 0 Å². The van der Waals surface area contributed by atoms with Crippen LogP contribution in [0.5, 0.6) is 0 Å². The summed E-state index contributed by atoms with van der Waals surface area (Å²) in [6.45, 7) is 6.31. The Labute approximate surface area is 145 Å². The van der Waals surface area contributed by atoms with Crippen molar-refractivity contribution in [3.8, 4) is 11.3 Å². The smallest absolute Gasteiger partial charge is 0.227 e. The first kappa shape index (κ1) is 15.3. The molecule has 0 aliphatic heterocycles. The first-order valence-electron chi connectivity index (χ1n) is 8.08. The number of H-pyrrole nitrogens is 1. The van der Waals surface area contributed by atoms with Gasteiger partial charge in [-0.25, -0.2) is 15.0 Å². The van der Waals surface area contributed by atoms with Gasteiger partial charge in [0.05, 0.1) is 40.5 Å². The molecule has 1 aromatic carbocycles. The number of aromatic nitrogens is 6. The number of hydrogen-bond acceptors (Lipinski definition) is 5. The highest BCUT2D eigenvalue weighted by Crippen LogP contribution is 2.23. The number of imidazole rings is 1. The molecule has 0 unspecified atom stereocenters. The summed E-state index contributed by atoms with van der Waals surface area (Å²) in [5.41, 5.74) is 4.56. The van der Waals surface area contributed by atoms with Crippen LogP contribution >= 0.6 is 0 Å².